The number of amides is 1. The number of halogens is 2. The predicted molar refractivity (Wildman–Crippen MR) is 128 cm³/mol. The molecule has 1 saturated heterocycles. The first-order valence-electron chi connectivity index (χ1n) is 10.8. The normalized spacial score (nSPS) is 17.5. The minimum Gasteiger partial charge on any atom is -0.507 e. The lowest BCUT2D eigenvalue weighted by Gasteiger charge is -2.25. The zero-order chi connectivity index (χ0) is 25.6. The Morgan fingerprint density at radius 3 is 2.50 bits per heavy atom. The van der Waals surface area contributed by atoms with Crippen molar-refractivity contribution in [2.75, 3.05) is 27.7 Å². The van der Waals surface area contributed by atoms with Gasteiger partial charge in [-0.15, -0.1) is 0 Å². The number of hydrogen-bond donors (Lipinski definition) is 1. The average Bonchev–Trinajstić information content (AvgIpc) is 3.13. The molecule has 186 valence electrons. The number of esters is 1. The molecule has 2 rings (SSSR count). The summed E-state index contributed by atoms with van der Waals surface area (Å²) in [7, 11) is 3.46. The van der Waals surface area contributed by atoms with E-state index in [0.29, 0.717) is 11.4 Å². The number of carbonyl (C=O) groups is 4. The molecule has 0 aliphatic carbocycles. The van der Waals surface area contributed by atoms with Crippen molar-refractivity contribution in [3.05, 3.63) is 33.8 Å². The SMILES string of the molecule is COC(=O)[C@@H]([C@H]1OB([C@@H](CC(=O)CNC(=O)c2cc(Cl)ccc2Cl)CC(C)C)OC1=O)N(C)C. The smallest absolute Gasteiger partial charge is 0.507 e. The van der Waals surface area contributed by atoms with Gasteiger partial charge in [0.05, 0.1) is 24.2 Å². The van der Waals surface area contributed by atoms with E-state index in [0.717, 1.165) is 0 Å². The topological polar surface area (TPSA) is 111 Å². The van der Waals surface area contributed by atoms with Crippen LogP contribution in [0.15, 0.2) is 18.2 Å². The van der Waals surface area contributed by atoms with Crippen LogP contribution in [0.4, 0.5) is 0 Å². The fourth-order valence-electron chi connectivity index (χ4n) is 3.75. The largest absolute Gasteiger partial charge is 0.531 e. The molecule has 0 radical (unpaired) electrons. The molecule has 1 aromatic carbocycles. The van der Waals surface area contributed by atoms with E-state index in [9.17, 15) is 19.2 Å². The molecule has 0 bridgehead atoms. The molecule has 1 fully saturated rings. The maximum atomic E-state index is 12.7. The highest BCUT2D eigenvalue weighted by Crippen LogP contribution is 2.32. The van der Waals surface area contributed by atoms with Crippen LogP contribution in [0.1, 0.15) is 37.0 Å². The van der Waals surface area contributed by atoms with E-state index in [1.54, 1.807) is 20.2 Å². The van der Waals surface area contributed by atoms with E-state index in [1.165, 1.54) is 24.1 Å². The highest BCUT2D eigenvalue weighted by Gasteiger charge is 2.51. The standard InChI is InChI=1S/C22H29BCl2N2O7/c1-12(2)8-13(23-33-19(22(31)34-23)18(27(3)4)21(30)32-5)9-15(28)11-26-20(29)16-10-14(24)6-7-17(16)25/h6-7,10,12-13,18-19H,8-9,11H2,1-5H3,(H,26,29)/t13-,18-,19-/m1/s1. The van der Waals surface area contributed by atoms with Crippen LogP contribution in [-0.4, -0.2) is 75.5 Å². The number of carbonyl (C=O) groups excluding carboxylic acids is 4. The predicted octanol–water partition coefficient (Wildman–Crippen LogP) is 2.63. The second-order valence-electron chi connectivity index (χ2n) is 8.73. The van der Waals surface area contributed by atoms with Gasteiger partial charge < -0.3 is 19.4 Å². The fraction of sp³-hybridized carbons (Fsp3) is 0.545. The number of benzene rings is 1. The molecular formula is C22H29BCl2N2O7. The number of rotatable bonds is 11. The summed E-state index contributed by atoms with van der Waals surface area (Å²) in [6, 6.07) is 3.48. The molecule has 0 unspecified atom stereocenters. The second-order valence-corrected chi connectivity index (χ2v) is 9.58. The molecule has 34 heavy (non-hydrogen) atoms. The van der Waals surface area contributed by atoms with Crippen molar-refractivity contribution in [2.45, 2.75) is 44.7 Å². The summed E-state index contributed by atoms with van der Waals surface area (Å²) < 4.78 is 16.0. The zero-order valence-corrected chi connectivity index (χ0v) is 21.3. The lowest BCUT2D eigenvalue weighted by molar-refractivity contribution is -0.154. The summed E-state index contributed by atoms with van der Waals surface area (Å²) in [5, 5.41) is 3.10. The third kappa shape index (κ3) is 7.43. The number of ketones is 1. The Morgan fingerprint density at radius 1 is 1.24 bits per heavy atom. The van der Waals surface area contributed by atoms with Gasteiger partial charge >= 0.3 is 19.1 Å². The van der Waals surface area contributed by atoms with Gasteiger partial charge in [0.2, 0.25) is 0 Å². The zero-order valence-electron chi connectivity index (χ0n) is 19.8. The summed E-state index contributed by atoms with van der Waals surface area (Å²) >= 11 is 12.0. The van der Waals surface area contributed by atoms with Crippen LogP contribution in [-0.2, 0) is 28.4 Å². The quantitative estimate of drug-likeness (QED) is 0.354. The first-order chi connectivity index (χ1) is 15.9. The minimum absolute atomic E-state index is 0.00272. The van der Waals surface area contributed by atoms with Crippen LogP contribution in [0.5, 0.6) is 0 Å². The molecular weight excluding hydrogens is 486 g/mol. The minimum atomic E-state index is -1.18. The average molecular weight is 515 g/mol. The van der Waals surface area contributed by atoms with Gasteiger partial charge in [0, 0.05) is 17.3 Å². The first-order valence-corrected chi connectivity index (χ1v) is 11.5. The van der Waals surface area contributed by atoms with Crippen molar-refractivity contribution >= 4 is 53.9 Å². The van der Waals surface area contributed by atoms with Gasteiger partial charge in [0.25, 0.3) is 5.91 Å². The number of likely N-dealkylation sites (N-methyl/N-ethyl adjacent to an activating group) is 1. The molecule has 12 heteroatoms. The van der Waals surface area contributed by atoms with Crippen LogP contribution in [0, 0.1) is 5.92 Å². The fourth-order valence-corrected chi connectivity index (χ4v) is 4.13. The van der Waals surface area contributed by atoms with Gasteiger partial charge in [-0.1, -0.05) is 37.0 Å². The molecule has 1 aliphatic rings. The van der Waals surface area contributed by atoms with Gasteiger partial charge in [0.1, 0.15) is 6.04 Å². The monoisotopic (exact) mass is 514 g/mol. The third-order valence-corrected chi connectivity index (χ3v) is 5.86. The lowest BCUT2D eigenvalue weighted by atomic mass is 9.65. The summed E-state index contributed by atoms with van der Waals surface area (Å²) in [6.07, 6.45) is -0.658. The summed E-state index contributed by atoms with van der Waals surface area (Å²) in [6.45, 7) is 3.68. The Kier molecular flexibility index (Phi) is 10.4. The number of ether oxygens (including phenoxy) is 1. The van der Waals surface area contributed by atoms with E-state index in [4.69, 9.17) is 37.2 Å². The van der Waals surface area contributed by atoms with Crippen LogP contribution >= 0.6 is 23.2 Å². The van der Waals surface area contributed by atoms with Crippen LogP contribution in [0.3, 0.4) is 0 Å². The molecule has 0 saturated carbocycles. The first kappa shape index (κ1) is 28.1. The summed E-state index contributed by atoms with van der Waals surface area (Å²) in [4.78, 5) is 51.3. The van der Waals surface area contributed by atoms with E-state index in [-0.39, 0.29) is 35.3 Å². The maximum Gasteiger partial charge on any atom is 0.531 e. The molecule has 0 aromatic heterocycles. The van der Waals surface area contributed by atoms with E-state index >= 15 is 0 Å². The molecule has 0 spiro atoms. The Bertz CT molecular complexity index is 929. The Labute approximate surface area is 209 Å². The molecule has 1 aromatic rings. The maximum absolute atomic E-state index is 12.7. The van der Waals surface area contributed by atoms with Crippen molar-refractivity contribution in [3.8, 4) is 0 Å². The molecule has 3 atom stereocenters. The van der Waals surface area contributed by atoms with Crippen LogP contribution in [0.25, 0.3) is 0 Å². The third-order valence-electron chi connectivity index (χ3n) is 5.30. The van der Waals surface area contributed by atoms with Crippen molar-refractivity contribution in [1.82, 2.24) is 10.2 Å². The highest BCUT2D eigenvalue weighted by molar-refractivity contribution is 6.51. The van der Waals surface area contributed by atoms with E-state index in [2.05, 4.69) is 5.32 Å². The molecule has 1 heterocycles. The number of hydrogen-bond acceptors (Lipinski definition) is 8. The number of nitrogens with one attached hydrogen (secondary N) is 1. The number of nitrogens with zero attached hydrogens (tertiary/aromatic N) is 1. The molecule has 1 aliphatic heterocycles. The van der Waals surface area contributed by atoms with Gasteiger partial charge in [0.15, 0.2) is 11.9 Å². The number of Topliss-reactive ketones (excluding diaryl/α,β-unsaturated/α-hetero) is 1. The lowest BCUT2D eigenvalue weighted by Crippen LogP contribution is -2.49. The van der Waals surface area contributed by atoms with Gasteiger partial charge in [-0.3, -0.25) is 24.1 Å². The van der Waals surface area contributed by atoms with Crippen molar-refractivity contribution in [3.63, 3.8) is 0 Å². The van der Waals surface area contributed by atoms with Crippen LogP contribution < -0.4 is 5.32 Å². The van der Waals surface area contributed by atoms with Crippen molar-refractivity contribution in [1.29, 1.82) is 0 Å². The Morgan fingerprint density at radius 2 is 1.91 bits per heavy atom. The summed E-state index contributed by atoms with van der Waals surface area (Å²) in [5.41, 5.74) is 0.161. The van der Waals surface area contributed by atoms with Crippen molar-refractivity contribution in [2.24, 2.45) is 5.92 Å². The molecule has 1 N–H and O–H groups in total. The summed E-state index contributed by atoms with van der Waals surface area (Å²) in [5.74, 6) is -2.43. The van der Waals surface area contributed by atoms with E-state index in [1.807, 2.05) is 13.8 Å². The van der Waals surface area contributed by atoms with Gasteiger partial charge in [-0.25, -0.2) is 0 Å². The Balaban J connectivity index is 2.06. The molecule has 1 amide bonds. The number of methoxy groups -OCH3 is 1. The highest BCUT2D eigenvalue weighted by atomic mass is 35.5. The van der Waals surface area contributed by atoms with Crippen molar-refractivity contribution < 1.29 is 33.2 Å². The second kappa shape index (κ2) is 12.5. The van der Waals surface area contributed by atoms with E-state index < -0.39 is 42.9 Å². The van der Waals surface area contributed by atoms with Gasteiger partial charge in [-0.2, -0.15) is 0 Å². The molecule has 9 nitrogen and oxygen atoms in total. The Hall–Kier alpha value is -2.14. The van der Waals surface area contributed by atoms with Crippen LogP contribution in [0.2, 0.25) is 15.9 Å². The van der Waals surface area contributed by atoms with Gasteiger partial charge in [-0.05, 0) is 44.6 Å².